The largest absolute Gasteiger partial charge is 0.445 e. The fourth-order valence-electron chi connectivity index (χ4n) is 5.82. The van der Waals surface area contributed by atoms with E-state index in [1.165, 1.54) is 5.56 Å². The number of hydrogen-bond acceptors (Lipinski definition) is 7. The van der Waals surface area contributed by atoms with Gasteiger partial charge >= 0.3 is 6.09 Å². The van der Waals surface area contributed by atoms with Crippen molar-refractivity contribution in [3.05, 3.63) is 124 Å². The number of nitrogens with zero attached hydrogens (tertiary/aromatic N) is 5. The van der Waals surface area contributed by atoms with Gasteiger partial charge in [-0.3, -0.25) is 9.59 Å². The van der Waals surface area contributed by atoms with Crippen molar-refractivity contribution in [3.8, 4) is 0 Å². The maximum atomic E-state index is 13.0. The molecule has 2 N–H and O–H groups in total. The predicted octanol–water partition coefficient (Wildman–Crippen LogP) is 4.90. The number of aromatic amines is 1. The summed E-state index contributed by atoms with van der Waals surface area (Å²) in [6.45, 7) is 1.96. The first-order valence-corrected chi connectivity index (χ1v) is 16.0. The van der Waals surface area contributed by atoms with Crippen molar-refractivity contribution in [1.82, 2.24) is 24.5 Å². The number of rotatable bonds is 11. The van der Waals surface area contributed by atoms with Crippen molar-refractivity contribution < 1.29 is 14.3 Å². The standard InChI is InChI=1S/C36H39N7O4/c1-41(20-8-13-26-9-4-2-5-10-26)43-25-37-32-33(43)39-31(40-35(32)45)23-27-14-16-30(17-15-27)38-34(44)29-18-21-42(22-19-29)36(46)47-24-28-11-6-3-7-12-28/h2-7,9-12,14-17,25,29H,8,13,18-24H2,1H3,(H,38,44)(H,39,40,45). The van der Waals surface area contributed by atoms with Gasteiger partial charge in [0.25, 0.3) is 5.56 Å². The van der Waals surface area contributed by atoms with E-state index < -0.39 is 0 Å². The van der Waals surface area contributed by atoms with E-state index in [9.17, 15) is 14.4 Å². The lowest BCUT2D eigenvalue weighted by Gasteiger charge is -2.30. The fraction of sp³-hybridized carbons (Fsp3) is 0.306. The van der Waals surface area contributed by atoms with Crippen LogP contribution in [0.5, 0.6) is 0 Å². The Morgan fingerprint density at radius 2 is 1.62 bits per heavy atom. The number of piperidine rings is 1. The van der Waals surface area contributed by atoms with Crippen molar-refractivity contribution in [2.24, 2.45) is 5.92 Å². The van der Waals surface area contributed by atoms with E-state index in [2.05, 4.69) is 27.4 Å². The summed E-state index contributed by atoms with van der Waals surface area (Å²) >= 11 is 0. The minimum Gasteiger partial charge on any atom is -0.445 e. The number of imidazole rings is 1. The number of carbonyl (C=O) groups is 2. The number of likely N-dealkylation sites (tertiary alicyclic amines) is 1. The van der Waals surface area contributed by atoms with Crippen LogP contribution in [0.2, 0.25) is 0 Å². The number of fused-ring (bicyclic) bond motifs is 1. The van der Waals surface area contributed by atoms with Crippen molar-refractivity contribution in [2.75, 3.05) is 37.0 Å². The number of carbonyl (C=O) groups excluding carboxylic acids is 2. The van der Waals surface area contributed by atoms with E-state index in [1.54, 1.807) is 11.2 Å². The third kappa shape index (κ3) is 8.04. The molecule has 47 heavy (non-hydrogen) atoms. The van der Waals surface area contributed by atoms with Gasteiger partial charge in [0.15, 0.2) is 11.2 Å². The third-order valence-corrected chi connectivity index (χ3v) is 8.52. The van der Waals surface area contributed by atoms with Crippen LogP contribution < -0.4 is 15.9 Å². The molecule has 0 spiro atoms. The zero-order valence-corrected chi connectivity index (χ0v) is 26.5. The summed E-state index contributed by atoms with van der Waals surface area (Å²) in [6, 6.07) is 27.5. The first-order valence-electron chi connectivity index (χ1n) is 16.0. The summed E-state index contributed by atoms with van der Waals surface area (Å²) in [7, 11) is 1.96. The van der Waals surface area contributed by atoms with Crippen molar-refractivity contribution in [1.29, 1.82) is 0 Å². The highest BCUT2D eigenvalue weighted by atomic mass is 16.6. The molecular formula is C36H39N7O4. The van der Waals surface area contributed by atoms with E-state index >= 15 is 0 Å². The molecule has 5 aromatic rings. The number of nitrogens with one attached hydrogen (secondary N) is 2. The Hall–Kier alpha value is -5.45. The Bertz CT molecular complexity index is 1850. The van der Waals surface area contributed by atoms with Crippen LogP contribution in [0.4, 0.5) is 10.5 Å². The van der Waals surface area contributed by atoms with Crippen LogP contribution in [-0.2, 0) is 29.0 Å². The van der Waals surface area contributed by atoms with Gasteiger partial charge < -0.3 is 24.9 Å². The molecule has 3 aromatic carbocycles. The second-order valence-electron chi connectivity index (χ2n) is 11.9. The molecule has 2 aromatic heterocycles. The molecule has 0 bridgehead atoms. The summed E-state index contributed by atoms with van der Waals surface area (Å²) < 4.78 is 7.27. The van der Waals surface area contributed by atoms with Gasteiger partial charge in [-0.25, -0.2) is 19.4 Å². The van der Waals surface area contributed by atoms with Crippen LogP contribution in [-0.4, -0.2) is 63.2 Å². The Labute approximate surface area is 273 Å². The van der Waals surface area contributed by atoms with E-state index in [1.807, 2.05) is 89.5 Å². The predicted molar refractivity (Wildman–Crippen MR) is 181 cm³/mol. The molecule has 3 heterocycles. The number of ether oxygens (including phenoxy) is 1. The Morgan fingerprint density at radius 3 is 2.32 bits per heavy atom. The van der Waals surface area contributed by atoms with Gasteiger partial charge in [0.2, 0.25) is 5.91 Å². The quantitative estimate of drug-likeness (QED) is 0.212. The Morgan fingerprint density at radius 1 is 0.936 bits per heavy atom. The molecule has 1 aliphatic heterocycles. The molecule has 11 heteroatoms. The lowest BCUT2D eigenvalue weighted by molar-refractivity contribution is -0.121. The molecule has 1 saturated heterocycles. The second-order valence-corrected chi connectivity index (χ2v) is 11.9. The fourth-order valence-corrected chi connectivity index (χ4v) is 5.82. The summed E-state index contributed by atoms with van der Waals surface area (Å²) in [4.78, 5) is 51.9. The molecule has 1 fully saturated rings. The van der Waals surface area contributed by atoms with Gasteiger partial charge in [-0.15, -0.1) is 0 Å². The molecule has 6 rings (SSSR count). The summed E-state index contributed by atoms with van der Waals surface area (Å²) in [6.07, 6.45) is 4.75. The number of H-pyrrole nitrogens is 1. The van der Waals surface area contributed by atoms with Crippen LogP contribution >= 0.6 is 0 Å². The molecule has 0 aliphatic carbocycles. The zero-order valence-electron chi connectivity index (χ0n) is 26.5. The summed E-state index contributed by atoms with van der Waals surface area (Å²) in [5.41, 5.74) is 4.40. The normalized spacial score (nSPS) is 13.4. The number of aryl methyl sites for hydroxylation is 1. The maximum absolute atomic E-state index is 13.0. The van der Waals surface area contributed by atoms with Crippen LogP contribution in [0.3, 0.4) is 0 Å². The third-order valence-electron chi connectivity index (χ3n) is 8.52. The van der Waals surface area contributed by atoms with Gasteiger partial charge in [0, 0.05) is 44.7 Å². The number of aromatic nitrogens is 4. The minimum absolute atomic E-state index is 0.0624. The summed E-state index contributed by atoms with van der Waals surface area (Å²) in [5, 5.41) is 5.03. The van der Waals surface area contributed by atoms with Crippen molar-refractivity contribution in [3.63, 3.8) is 0 Å². The van der Waals surface area contributed by atoms with Crippen molar-refractivity contribution >= 4 is 28.9 Å². The van der Waals surface area contributed by atoms with Gasteiger partial charge in [-0.05, 0) is 54.5 Å². The monoisotopic (exact) mass is 633 g/mol. The lowest BCUT2D eigenvalue weighted by atomic mass is 9.96. The number of amides is 2. The van der Waals surface area contributed by atoms with Crippen LogP contribution in [0.15, 0.2) is 96.1 Å². The van der Waals surface area contributed by atoms with E-state index in [4.69, 9.17) is 9.72 Å². The van der Waals surface area contributed by atoms with Gasteiger partial charge in [0.05, 0.1) is 0 Å². The number of anilines is 1. The van der Waals surface area contributed by atoms with Crippen LogP contribution in [0.25, 0.3) is 11.2 Å². The number of hydrogen-bond donors (Lipinski definition) is 2. The Kier molecular flexibility index (Phi) is 9.90. The van der Waals surface area contributed by atoms with E-state index in [0.29, 0.717) is 55.0 Å². The molecule has 0 radical (unpaired) electrons. The van der Waals surface area contributed by atoms with E-state index in [0.717, 1.165) is 30.5 Å². The molecule has 11 nitrogen and oxygen atoms in total. The summed E-state index contributed by atoms with van der Waals surface area (Å²) in [5.74, 6) is 0.288. The molecule has 0 saturated carbocycles. The topological polar surface area (TPSA) is 125 Å². The van der Waals surface area contributed by atoms with Crippen LogP contribution in [0, 0.1) is 5.92 Å². The van der Waals surface area contributed by atoms with Gasteiger partial charge in [-0.2, -0.15) is 0 Å². The highest BCUT2D eigenvalue weighted by Gasteiger charge is 2.28. The van der Waals surface area contributed by atoms with Gasteiger partial charge in [-0.1, -0.05) is 72.8 Å². The smallest absolute Gasteiger partial charge is 0.410 e. The molecule has 0 atom stereocenters. The highest BCUT2D eigenvalue weighted by molar-refractivity contribution is 5.92. The second kappa shape index (κ2) is 14.8. The molecular weight excluding hydrogens is 594 g/mol. The average molecular weight is 634 g/mol. The molecule has 242 valence electrons. The lowest BCUT2D eigenvalue weighted by Crippen LogP contribution is -2.41. The SMILES string of the molecule is CN(CCCc1ccccc1)n1cnc2c(=O)[nH]c(Cc3ccc(NC(=O)C4CCN(C(=O)OCc5ccccc5)CC4)cc3)nc21. The number of benzene rings is 3. The van der Waals surface area contributed by atoms with Gasteiger partial charge in [0.1, 0.15) is 18.8 Å². The van der Waals surface area contributed by atoms with Crippen molar-refractivity contribution in [2.45, 2.75) is 38.7 Å². The van der Waals surface area contributed by atoms with E-state index in [-0.39, 0.29) is 30.1 Å². The minimum atomic E-state index is -0.353. The first kappa shape index (κ1) is 31.5. The first-order chi connectivity index (χ1) is 22.9. The molecule has 2 amide bonds. The molecule has 1 aliphatic rings. The molecule has 0 unspecified atom stereocenters. The highest BCUT2D eigenvalue weighted by Crippen LogP contribution is 2.21. The Balaban J connectivity index is 0.998. The zero-order chi connectivity index (χ0) is 32.6. The van der Waals surface area contributed by atoms with Crippen LogP contribution in [0.1, 0.15) is 41.8 Å². The average Bonchev–Trinajstić information content (AvgIpc) is 3.54. The maximum Gasteiger partial charge on any atom is 0.410 e.